The van der Waals surface area contributed by atoms with Gasteiger partial charge < -0.3 is 19.7 Å². The fraction of sp³-hybridized carbons (Fsp3) is 0.391. The molecule has 2 aromatic carbocycles. The summed E-state index contributed by atoms with van der Waals surface area (Å²) in [7, 11) is 0. The second kappa shape index (κ2) is 10.1. The van der Waals surface area contributed by atoms with Gasteiger partial charge >= 0.3 is 12.2 Å². The highest BCUT2D eigenvalue weighted by Crippen LogP contribution is 2.39. The quantitative estimate of drug-likeness (QED) is 0.552. The Bertz CT molecular complexity index is 907. The van der Waals surface area contributed by atoms with Gasteiger partial charge in [0, 0.05) is 30.4 Å². The summed E-state index contributed by atoms with van der Waals surface area (Å²) >= 11 is 3.42. The number of halogens is 2. The van der Waals surface area contributed by atoms with Gasteiger partial charge in [-0.05, 0) is 49.2 Å². The van der Waals surface area contributed by atoms with Gasteiger partial charge in [-0.15, -0.1) is 0 Å². The zero-order valence-electron chi connectivity index (χ0n) is 17.6. The average Bonchev–Trinajstić information content (AvgIpc) is 2.74. The number of benzene rings is 2. The highest BCUT2D eigenvalue weighted by molar-refractivity contribution is 9.10. The number of nitrogens with one attached hydrogen (secondary N) is 1. The molecule has 0 unspecified atom stereocenters. The summed E-state index contributed by atoms with van der Waals surface area (Å²) in [6, 6.07) is 13.6. The third kappa shape index (κ3) is 5.55. The van der Waals surface area contributed by atoms with Crippen molar-refractivity contribution in [2.24, 2.45) is 0 Å². The molecule has 1 saturated heterocycles. The SMILES string of the molecule is CCOC(=O)NCC[C@]1(c2ccc(F)cc2)CCN([C@@H](C)c2ccc(Br)cc2)C(=O)O1. The lowest BCUT2D eigenvalue weighted by atomic mass is 9.85. The average molecular weight is 493 g/mol. The van der Waals surface area contributed by atoms with E-state index in [1.807, 2.05) is 31.2 Å². The van der Waals surface area contributed by atoms with E-state index < -0.39 is 17.8 Å². The van der Waals surface area contributed by atoms with Crippen LogP contribution in [0.1, 0.15) is 43.9 Å². The number of ether oxygens (including phenoxy) is 2. The molecule has 3 rings (SSSR count). The molecule has 0 aromatic heterocycles. The number of alkyl carbamates (subject to hydrolysis) is 1. The van der Waals surface area contributed by atoms with Crippen molar-refractivity contribution in [3.05, 3.63) is 69.9 Å². The molecule has 1 fully saturated rings. The van der Waals surface area contributed by atoms with Gasteiger partial charge in [0.1, 0.15) is 11.4 Å². The smallest absolute Gasteiger partial charge is 0.411 e. The number of hydrogen-bond acceptors (Lipinski definition) is 4. The fourth-order valence-corrected chi connectivity index (χ4v) is 4.03. The summed E-state index contributed by atoms with van der Waals surface area (Å²) in [6.45, 7) is 4.67. The first-order chi connectivity index (χ1) is 14.8. The van der Waals surface area contributed by atoms with Gasteiger partial charge in [0.15, 0.2) is 0 Å². The van der Waals surface area contributed by atoms with Crippen molar-refractivity contribution in [2.75, 3.05) is 19.7 Å². The van der Waals surface area contributed by atoms with Gasteiger partial charge in [-0.2, -0.15) is 0 Å². The molecule has 8 heteroatoms. The maximum atomic E-state index is 13.5. The Hall–Kier alpha value is -2.61. The normalized spacial score (nSPS) is 19.5. The number of carbonyl (C=O) groups excluding carboxylic acids is 2. The minimum Gasteiger partial charge on any atom is -0.450 e. The fourth-order valence-electron chi connectivity index (χ4n) is 3.77. The van der Waals surface area contributed by atoms with Crippen LogP contribution in [-0.2, 0) is 15.1 Å². The second-order valence-electron chi connectivity index (χ2n) is 7.44. The zero-order valence-corrected chi connectivity index (χ0v) is 19.2. The Morgan fingerprint density at radius 3 is 2.55 bits per heavy atom. The number of hydrogen-bond donors (Lipinski definition) is 1. The largest absolute Gasteiger partial charge is 0.450 e. The monoisotopic (exact) mass is 492 g/mol. The summed E-state index contributed by atoms with van der Waals surface area (Å²) < 4.78 is 25.3. The molecule has 1 N–H and O–H groups in total. The van der Waals surface area contributed by atoms with Crippen LogP contribution in [0.15, 0.2) is 53.0 Å². The Labute approximate surface area is 189 Å². The predicted octanol–water partition coefficient (Wildman–Crippen LogP) is 5.52. The van der Waals surface area contributed by atoms with Crippen LogP contribution in [0.25, 0.3) is 0 Å². The van der Waals surface area contributed by atoms with Crippen molar-refractivity contribution < 1.29 is 23.5 Å². The Morgan fingerprint density at radius 1 is 1.26 bits per heavy atom. The zero-order chi connectivity index (χ0) is 22.4. The number of carbonyl (C=O) groups is 2. The van der Waals surface area contributed by atoms with Crippen LogP contribution in [0.5, 0.6) is 0 Å². The van der Waals surface area contributed by atoms with Crippen molar-refractivity contribution in [3.63, 3.8) is 0 Å². The summed E-state index contributed by atoms with van der Waals surface area (Å²) in [5.41, 5.74) is 0.738. The van der Waals surface area contributed by atoms with E-state index in [1.165, 1.54) is 12.1 Å². The lowest BCUT2D eigenvalue weighted by Crippen LogP contribution is -2.49. The summed E-state index contributed by atoms with van der Waals surface area (Å²) in [4.78, 5) is 26.4. The molecule has 0 saturated carbocycles. The molecule has 1 heterocycles. The van der Waals surface area contributed by atoms with E-state index in [4.69, 9.17) is 9.47 Å². The molecule has 0 bridgehead atoms. The van der Waals surface area contributed by atoms with Crippen LogP contribution in [0, 0.1) is 5.82 Å². The first-order valence-electron chi connectivity index (χ1n) is 10.3. The predicted molar refractivity (Wildman–Crippen MR) is 118 cm³/mol. The van der Waals surface area contributed by atoms with Gasteiger partial charge in [-0.1, -0.05) is 40.2 Å². The number of rotatable bonds is 7. The van der Waals surface area contributed by atoms with Gasteiger partial charge in [0.25, 0.3) is 0 Å². The van der Waals surface area contributed by atoms with Gasteiger partial charge in [-0.25, -0.2) is 14.0 Å². The van der Waals surface area contributed by atoms with E-state index in [1.54, 1.807) is 24.0 Å². The minimum absolute atomic E-state index is 0.163. The van der Waals surface area contributed by atoms with Crippen molar-refractivity contribution in [1.82, 2.24) is 10.2 Å². The van der Waals surface area contributed by atoms with Crippen LogP contribution >= 0.6 is 15.9 Å². The molecule has 1 aliphatic rings. The molecule has 166 valence electrons. The van der Waals surface area contributed by atoms with Crippen LogP contribution in [-0.4, -0.2) is 36.8 Å². The standard InChI is InChI=1S/C23H26BrFN2O4/c1-3-30-21(28)26-14-12-23(18-6-10-20(25)11-7-18)13-15-27(22(29)31-23)16(2)17-4-8-19(24)9-5-17/h4-11,16H,3,12-15H2,1-2H3,(H,26,28)/t16-,23+/m0/s1. The Morgan fingerprint density at radius 2 is 1.94 bits per heavy atom. The van der Waals surface area contributed by atoms with Gasteiger partial charge in [0.2, 0.25) is 0 Å². The molecular weight excluding hydrogens is 467 g/mol. The maximum Gasteiger partial charge on any atom is 0.411 e. The van der Waals surface area contributed by atoms with Crippen molar-refractivity contribution in [3.8, 4) is 0 Å². The maximum absolute atomic E-state index is 13.5. The first kappa shape index (κ1) is 23.1. The minimum atomic E-state index is -0.958. The number of nitrogens with zero attached hydrogens (tertiary/aromatic N) is 1. The molecule has 0 radical (unpaired) electrons. The van der Waals surface area contributed by atoms with E-state index in [2.05, 4.69) is 21.2 Å². The van der Waals surface area contributed by atoms with Crippen molar-refractivity contribution in [1.29, 1.82) is 0 Å². The Balaban J connectivity index is 1.77. The van der Waals surface area contributed by atoms with Crippen molar-refractivity contribution in [2.45, 2.75) is 38.3 Å². The van der Waals surface area contributed by atoms with E-state index in [-0.39, 0.29) is 25.0 Å². The second-order valence-corrected chi connectivity index (χ2v) is 8.35. The third-order valence-electron chi connectivity index (χ3n) is 5.54. The molecule has 0 aliphatic carbocycles. The molecule has 2 amide bonds. The van der Waals surface area contributed by atoms with Gasteiger partial charge in [-0.3, -0.25) is 0 Å². The topological polar surface area (TPSA) is 67.9 Å². The molecule has 1 aliphatic heterocycles. The summed E-state index contributed by atoms with van der Waals surface area (Å²) in [5.74, 6) is -0.365. The van der Waals surface area contributed by atoms with E-state index in [9.17, 15) is 14.0 Å². The highest BCUT2D eigenvalue weighted by atomic mass is 79.9. The first-order valence-corrected chi connectivity index (χ1v) is 11.1. The van der Waals surface area contributed by atoms with Gasteiger partial charge in [0.05, 0.1) is 12.6 Å². The lowest BCUT2D eigenvalue weighted by molar-refractivity contribution is -0.0648. The van der Waals surface area contributed by atoms with Crippen molar-refractivity contribution >= 4 is 28.1 Å². The van der Waals surface area contributed by atoms with Crippen LogP contribution < -0.4 is 5.32 Å². The highest BCUT2D eigenvalue weighted by Gasteiger charge is 2.43. The van der Waals surface area contributed by atoms with Crippen LogP contribution in [0.4, 0.5) is 14.0 Å². The van der Waals surface area contributed by atoms with E-state index in [0.29, 0.717) is 24.9 Å². The number of amides is 2. The molecule has 6 nitrogen and oxygen atoms in total. The molecule has 2 aromatic rings. The lowest BCUT2D eigenvalue weighted by Gasteiger charge is -2.43. The molecular formula is C23H26BrFN2O4. The third-order valence-corrected chi connectivity index (χ3v) is 6.07. The van der Waals surface area contributed by atoms with E-state index in [0.717, 1.165) is 10.0 Å². The molecule has 2 atom stereocenters. The molecule has 31 heavy (non-hydrogen) atoms. The van der Waals surface area contributed by atoms with Crippen LogP contribution in [0.3, 0.4) is 0 Å². The summed E-state index contributed by atoms with van der Waals surface area (Å²) in [6.07, 6.45) is -0.106. The van der Waals surface area contributed by atoms with E-state index >= 15 is 0 Å². The number of cyclic esters (lactones) is 1. The molecule has 0 spiro atoms. The summed E-state index contributed by atoms with van der Waals surface area (Å²) in [5, 5.41) is 2.67. The van der Waals surface area contributed by atoms with Crippen LogP contribution in [0.2, 0.25) is 0 Å². The Kier molecular flexibility index (Phi) is 7.54.